The molecule has 2 N–H and O–H groups in total. The van der Waals surface area contributed by atoms with Crippen molar-refractivity contribution in [3.8, 4) is 11.3 Å². The Bertz CT molecular complexity index is 924. The summed E-state index contributed by atoms with van der Waals surface area (Å²) in [6.45, 7) is 4.46. The Morgan fingerprint density at radius 3 is 2.26 bits per heavy atom. The van der Waals surface area contributed by atoms with E-state index < -0.39 is 0 Å². The van der Waals surface area contributed by atoms with Crippen LogP contribution < -0.4 is 32.4 Å². The van der Waals surface area contributed by atoms with Gasteiger partial charge in [0, 0.05) is 25.5 Å². The number of benzene rings is 2. The summed E-state index contributed by atoms with van der Waals surface area (Å²) in [6, 6.07) is 15.3. The van der Waals surface area contributed by atoms with Gasteiger partial charge in [-0.3, -0.25) is 4.79 Å². The van der Waals surface area contributed by atoms with Crippen molar-refractivity contribution in [2.45, 2.75) is 6.54 Å². The van der Waals surface area contributed by atoms with E-state index in [0.717, 1.165) is 25.3 Å². The molecule has 0 aliphatic heterocycles. The largest absolute Gasteiger partial charge is 1.00 e. The molecule has 8 heteroatoms. The van der Waals surface area contributed by atoms with Crippen LogP contribution in [-0.4, -0.2) is 5.91 Å². The van der Waals surface area contributed by atoms with E-state index >= 15 is 0 Å². The number of anilines is 1. The smallest absolute Gasteiger partial charge is 0.358 e. The topological polar surface area (TPSA) is 45.0 Å². The molecule has 1 amide bonds. The molecule has 0 aliphatic rings. The summed E-state index contributed by atoms with van der Waals surface area (Å²) in [5.41, 5.74) is 8.51. The van der Waals surface area contributed by atoms with Crippen LogP contribution in [0, 0.1) is 0 Å². The van der Waals surface area contributed by atoms with E-state index in [1.54, 1.807) is 12.1 Å². The quantitative estimate of drug-likeness (QED) is 0.270. The van der Waals surface area contributed by atoms with Gasteiger partial charge >= 0.3 is 5.13 Å². The van der Waals surface area contributed by atoms with Crippen LogP contribution in [0.4, 0.5) is 5.13 Å². The van der Waals surface area contributed by atoms with E-state index in [4.69, 9.17) is 0 Å². The lowest BCUT2D eigenvalue weighted by molar-refractivity contribution is -0.658. The average molecular weight is 574 g/mol. The number of allylic oxidation sites excluding steroid dienone is 1. The van der Waals surface area contributed by atoms with Gasteiger partial charge < -0.3 is 17.0 Å². The van der Waals surface area contributed by atoms with Crippen LogP contribution in [0.15, 0.2) is 75.5 Å². The molecule has 3 rings (SSSR count). The van der Waals surface area contributed by atoms with E-state index in [2.05, 4.69) is 71.4 Å². The summed E-state index contributed by atoms with van der Waals surface area (Å²) in [4.78, 5) is 12.3. The van der Waals surface area contributed by atoms with Crippen LogP contribution in [0.5, 0.6) is 0 Å². The first-order chi connectivity index (χ1) is 12.6. The van der Waals surface area contributed by atoms with E-state index in [-0.39, 0.29) is 22.9 Å². The van der Waals surface area contributed by atoms with Crippen molar-refractivity contribution in [3.63, 3.8) is 0 Å². The molecule has 3 aromatic rings. The van der Waals surface area contributed by atoms with Gasteiger partial charge in [0.15, 0.2) is 0 Å². The predicted octanol–water partition coefficient (Wildman–Crippen LogP) is 2.17. The summed E-state index contributed by atoms with van der Waals surface area (Å²) in [5, 5.41) is 2.88. The zero-order valence-electron chi connectivity index (χ0n) is 14.1. The molecule has 0 radical (unpaired) electrons. The number of nitrogens with zero attached hydrogens (tertiary/aromatic N) is 1. The number of hydrogen-bond acceptors (Lipinski definition) is 3. The minimum Gasteiger partial charge on any atom is -1.00 e. The molecule has 1 aromatic heterocycles. The molecule has 0 unspecified atom stereocenters. The highest BCUT2D eigenvalue weighted by Crippen LogP contribution is 2.24. The van der Waals surface area contributed by atoms with Crippen LogP contribution in [-0.2, 0) is 6.54 Å². The number of aromatic nitrogens is 1. The fourth-order valence-electron chi connectivity index (χ4n) is 2.38. The maximum absolute atomic E-state index is 12.3. The molecule has 0 spiro atoms. The Morgan fingerprint density at radius 2 is 1.67 bits per heavy atom. The van der Waals surface area contributed by atoms with Gasteiger partial charge in [0.25, 0.3) is 5.91 Å². The summed E-state index contributed by atoms with van der Waals surface area (Å²) in [5.74, 6) is -0.193. The van der Waals surface area contributed by atoms with Gasteiger partial charge in [0.2, 0.25) is 0 Å². The van der Waals surface area contributed by atoms with Crippen molar-refractivity contribution in [1.29, 1.82) is 0 Å². The van der Waals surface area contributed by atoms with Crippen LogP contribution in [0.25, 0.3) is 11.3 Å². The number of hydrazine groups is 1. The van der Waals surface area contributed by atoms with E-state index in [0.29, 0.717) is 12.1 Å². The summed E-state index contributed by atoms with van der Waals surface area (Å²) >= 11 is 8.35. The van der Waals surface area contributed by atoms with Gasteiger partial charge in [-0.25, -0.2) is 4.57 Å². The highest BCUT2D eigenvalue weighted by molar-refractivity contribution is 9.10. The Hall–Kier alpha value is -1.48. The number of amides is 1. The predicted molar refractivity (Wildman–Crippen MR) is 113 cm³/mol. The Labute approximate surface area is 189 Å². The minimum atomic E-state index is -0.193. The monoisotopic (exact) mass is 571 g/mol. The Balaban J connectivity index is 0.00000261. The van der Waals surface area contributed by atoms with Crippen molar-refractivity contribution in [1.82, 2.24) is 5.43 Å². The fraction of sp³-hybridized carbons (Fsp3) is 0.0526. The minimum absolute atomic E-state index is 0. The van der Waals surface area contributed by atoms with Gasteiger partial charge in [-0.05, 0) is 48.5 Å². The lowest BCUT2D eigenvalue weighted by atomic mass is 10.2. The number of hydrogen-bond donors (Lipinski definition) is 2. The molecule has 0 atom stereocenters. The number of nitrogens with one attached hydrogen (secondary N) is 2. The zero-order chi connectivity index (χ0) is 18.5. The van der Waals surface area contributed by atoms with Gasteiger partial charge in [0.05, 0.1) is 0 Å². The summed E-state index contributed by atoms with van der Waals surface area (Å²) < 4.78 is 4.04. The van der Waals surface area contributed by atoms with Crippen LogP contribution >= 0.6 is 43.2 Å². The first-order valence-corrected chi connectivity index (χ1v) is 10.2. The van der Waals surface area contributed by atoms with Crippen LogP contribution in [0.3, 0.4) is 0 Å². The van der Waals surface area contributed by atoms with Gasteiger partial charge in [-0.2, -0.15) is 10.9 Å². The highest BCUT2D eigenvalue weighted by atomic mass is 79.9. The van der Waals surface area contributed by atoms with E-state index in [1.807, 2.05) is 30.3 Å². The molecule has 0 saturated carbocycles. The molecule has 140 valence electrons. The Kier molecular flexibility index (Phi) is 8.22. The van der Waals surface area contributed by atoms with E-state index in [1.165, 1.54) is 11.3 Å². The molecule has 2 aromatic carbocycles. The number of halogens is 3. The van der Waals surface area contributed by atoms with Crippen molar-refractivity contribution < 1.29 is 26.3 Å². The summed E-state index contributed by atoms with van der Waals surface area (Å²) in [6.07, 6.45) is 1.83. The molecule has 1 heterocycles. The molecular weight excluding hydrogens is 558 g/mol. The molecule has 0 aliphatic carbocycles. The molecule has 4 nitrogen and oxygen atoms in total. The fourth-order valence-corrected chi connectivity index (χ4v) is 3.81. The van der Waals surface area contributed by atoms with Crippen molar-refractivity contribution in [2.75, 3.05) is 5.43 Å². The normalized spacial score (nSPS) is 10.0. The first-order valence-electron chi connectivity index (χ1n) is 7.78. The second kappa shape index (κ2) is 10.2. The lowest BCUT2D eigenvalue weighted by Crippen LogP contribution is -3.00. The van der Waals surface area contributed by atoms with E-state index in [9.17, 15) is 4.79 Å². The molecule has 0 saturated heterocycles. The number of rotatable bonds is 6. The molecule has 27 heavy (non-hydrogen) atoms. The van der Waals surface area contributed by atoms with Crippen molar-refractivity contribution in [3.05, 3.63) is 81.1 Å². The summed E-state index contributed by atoms with van der Waals surface area (Å²) in [7, 11) is 0. The SMILES string of the molecule is C=CC[n+]1c(-c2ccc(Br)cc2)csc1NNC(=O)c1ccc(Br)cc1.[Br-]. The molecular formula is C19H16Br3N3OS. The average Bonchev–Trinajstić information content (AvgIpc) is 3.04. The Morgan fingerprint density at radius 1 is 1.07 bits per heavy atom. The van der Waals surface area contributed by atoms with Crippen molar-refractivity contribution >= 4 is 54.2 Å². The number of carbonyl (C=O) groups is 1. The third kappa shape index (κ3) is 5.51. The number of carbonyl (C=O) groups excluding carboxylic acids is 1. The molecule has 0 bridgehead atoms. The van der Waals surface area contributed by atoms with Crippen molar-refractivity contribution in [2.24, 2.45) is 0 Å². The maximum atomic E-state index is 12.3. The second-order valence-corrected chi connectivity index (χ2v) is 8.11. The molecule has 0 fully saturated rings. The standard InChI is InChI=1S/C19H15Br2N3OS.BrH/c1-2-11-24-17(13-3-7-15(20)8-4-13)12-26-19(24)23-22-18(25)14-5-9-16(21)10-6-14;/h2-10,12H,1,11H2,(H,22,25);1H. The maximum Gasteiger partial charge on any atom is 0.358 e. The van der Waals surface area contributed by atoms with Gasteiger partial charge in [-0.1, -0.05) is 55.9 Å². The third-order valence-corrected chi connectivity index (χ3v) is 5.60. The van der Waals surface area contributed by atoms with Gasteiger partial charge in [-0.15, -0.1) is 0 Å². The zero-order valence-corrected chi connectivity index (χ0v) is 19.7. The number of thiazole rings is 1. The second-order valence-electron chi connectivity index (χ2n) is 5.42. The van der Waals surface area contributed by atoms with Gasteiger partial charge in [0.1, 0.15) is 12.2 Å². The highest BCUT2D eigenvalue weighted by Gasteiger charge is 2.19. The van der Waals surface area contributed by atoms with Crippen LogP contribution in [0.2, 0.25) is 0 Å². The first kappa shape index (κ1) is 21.8. The lowest BCUT2D eigenvalue weighted by Gasteiger charge is -2.05. The third-order valence-electron chi connectivity index (χ3n) is 3.66. The van der Waals surface area contributed by atoms with Crippen LogP contribution in [0.1, 0.15) is 10.4 Å².